The van der Waals surface area contributed by atoms with E-state index in [4.69, 9.17) is 4.74 Å². The Bertz CT molecular complexity index is 1020. The molecule has 2 rings (SSSR count). The Hall–Kier alpha value is -3.35. The highest BCUT2D eigenvalue weighted by Crippen LogP contribution is 2.25. The third-order valence-corrected chi connectivity index (χ3v) is 6.09. The number of amides is 3. The van der Waals surface area contributed by atoms with Gasteiger partial charge in [0.2, 0.25) is 11.8 Å². The number of carbonyl (C=O) groups excluding carboxylic acids is 3. The van der Waals surface area contributed by atoms with Crippen LogP contribution in [0.25, 0.3) is 0 Å². The van der Waals surface area contributed by atoms with Crippen molar-refractivity contribution in [1.82, 2.24) is 15.5 Å². The van der Waals surface area contributed by atoms with E-state index in [-0.39, 0.29) is 18.2 Å². The third-order valence-electron chi connectivity index (χ3n) is 6.09. The summed E-state index contributed by atoms with van der Waals surface area (Å²) < 4.78 is 5.49. The van der Waals surface area contributed by atoms with Gasteiger partial charge in [-0.25, -0.2) is 4.79 Å². The number of hydrogen-bond acceptors (Lipinski definition) is 4. The zero-order valence-electron chi connectivity index (χ0n) is 23.9. The van der Waals surface area contributed by atoms with Crippen molar-refractivity contribution >= 4 is 17.9 Å². The predicted octanol–water partition coefficient (Wildman–Crippen LogP) is 5.72. The van der Waals surface area contributed by atoms with Crippen molar-refractivity contribution in [1.29, 1.82) is 0 Å². The smallest absolute Gasteiger partial charge is 0.408 e. The number of ether oxygens (including phenoxy) is 1. The van der Waals surface area contributed by atoms with Crippen molar-refractivity contribution in [2.24, 2.45) is 0 Å². The fourth-order valence-electron chi connectivity index (χ4n) is 4.10. The molecule has 0 heterocycles. The molecule has 2 N–H and O–H groups in total. The van der Waals surface area contributed by atoms with Gasteiger partial charge in [0.25, 0.3) is 0 Å². The number of aryl methyl sites for hydroxylation is 1. The van der Waals surface area contributed by atoms with Gasteiger partial charge in [0.05, 0.1) is 0 Å². The van der Waals surface area contributed by atoms with Gasteiger partial charge in [0.15, 0.2) is 0 Å². The van der Waals surface area contributed by atoms with E-state index in [9.17, 15) is 14.4 Å². The highest BCUT2D eigenvalue weighted by Gasteiger charge is 2.36. The number of hydrogen-bond donors (Lipinski definition) is 2. The van der Waals surface area contributed by atoms with E-state index in [0.29, 0.717) is 13.1 Å². The average Bonchev–Trinajstić information content (AvgIpc) is 2.86. The molecule has 2 aromatic carbocycles. The van der Waals surface area contributed by atoms with Gasteiger partial charge < -0.3 is 20.3 Å². The van der Waals surface area contributed by atoms with Gasteiger partial charge in [-0.3, -0.25) is 9.59 Å². The molecule has 2 aromatic rings. The quantitative estimate of drug-likeness (QED) is 0.329. The first-order valence-corrected chi connectivity index (χ1v) is 13.7. The van der Waals surface area contributed by atoms with Crippen LogP contribution in [0, 0.1) is 6.92 Å². The van der Waals surface area contributed by atoms with Crippen LogP contribution < -0.4 is 10.6 Å². The summed E-state index contributed by atoms with van der Waals surface area (Å²) in [4.78, 5) is 42.3. The number of nitrogens with zero attached hydrogens (tertiary/aromatic N) is 1. The molecule has 7 heteroatoms. The van der Waals surface area contributed by atoms with E-state index in [1.54, 1.807) is 25.7 Å². The van der Waals surface area contributed by atoms with Crippen LogP contribution in [0.5, 0.6) is 0 Å². The summed E-state index contributed by atoms with van der Waals surface area (Å²) in [6.07, 6.45) is 2.99. The molecule has 0 fully saturated rings. The van der Waals surface area contributed by atoms with Gasteiger partial charge in [-0.1, -0.05) is 86.8 Å². The highest BCUT2D eigenvalue weighted by molar-refractivity contribution is 5.92. The first-order chi connectivity index (χ1) is 18.1. The van der Waals surface area contributed by atoms with E-state index in [2.05, 4.69) is 17.6 Å². The van der Waals surface area contributed by atoms with Crippen molar-refractivity contribution in [2.75, 3.05) is 13.1 Å². The lowest BCUT2D eigenvalue weighted by Gasteiger charge is -2.34. The second-order valence-corrected chi connectivity index (χ2v) is 10.7. The Morgan fingerprint density at radius 3 is 2.13 bits per heavy atom. The maximum Gasteiger partial charge on any atom is 0.408 e. The van der Waals surface area contributed by atoms with Crippen molar-refractivity contribution in [3.8, 4) is 0 Å². The van der Waals surface area contributed by atoms with Crippen molar-refractivity contribution in [2.45, 2.75) is 91.3 Å². The van der Waals surface area contributed by atoms with Crippen LogP contribution in [0.2, 0.25) is 0 Å². The molecule has 0 spiro atoms. The maximum absolute atomic E-state index is 14.2. The molecule has 0 saturated carbocycles. The number of unbranched alkanes of at least 4 members (excludes halogenated alkanes) is 2. The monoisotopic (exact) mass is 523 g/mol. The number of rotatable bonds is 13. The summed E-state index contributed by atoms with van der Waals surface area (Å²) in [5, 5.41) is 5.83. The zero-order chi connectivity index (χ0) is 28.1. The highest BCUT2D eigenvalue weighted by atomic mass is 16.6. The van der Waals surface area contributed by atoms with E-state index in [1.165, 1.54) is 0 Å². The average molecular weight is 524 g/mol. The number of nitrogens with one attached hydrogen (secondary N) is 2. The topological polar surface area (TPSA) is 87.7 Å². The molecule has 0 bridgehead atoms. The SMILES string of the molecule is CCCCNC(=O)C(c1ccc(C)cc1)N(CCCC)C(=O)C(Cc1ccccc1)NC(=O)OC(C)(C)C. The zero-order valence-corrected chi connectivity index (χ0v) is 23.9. The molecule has 0 saturated heterocycles. The molecule has 0 aromatic heterocycles. The van der Waals surface area contributed by atoms with Crippen LogP contribution in [-0.4, -0.2) is 47.5 Å². The second-order valence-electron chi connectivity index (χ2n) is 10.7. The minimum atomic E-state index is -0.902. The molecule has 0 aliphatic carbocycles. The summed E-state index contributed by atoms with van der Waals surface area (Å²) in [6, 6.07) is 15.5. The van der Waals surface area contributed by atoms with Crippen LogP contribution in [-0.2, 0) is 20.7 Å². The minimum Gasteiger partial charge on any atom is -0.444 e. The summed E-state index contributed by atoms with van der Waals surface area (Å²) in [7, 11) is 0. The molecule has 2 unspecified atom stereocenters. The molecule has 0 radical (unpaired) electrons. The van der Waals surface area contributed by atoms with E-state index in [0.717, 1.165) is 42.4 Å². The normalized spacial score (nSPS) is 12.8. The lowest BCUT2D eigenvalue weighted by atomic mass is 9.99. The van der Waals surface area contributed by atoms with Crippen molar-refractivity contribution < 1.29 is 19.1 Å². The second kappa shape index (κ2) is 15.2. The third kappa shape index (κ3) is 10.2. The summed E-state index contributed by atoms with van der Waals surface area (Å²) in [6.45, 7) is 12.4. The Labute approximate surface area is 228 Å². The first-order valence-electron chi connectivity index (χ1n) is 13.7. The van der Waals surface area contributed by atoms with Crippen LogP contribution in [0.15, 0.2) is 54.6 Å². The van der Waals surface area contributed by atoms with Crippen molar-refractivity contribution in [3.05, 3.63) is 71.3 Å². The summed E-state index contributed by atoms with van der Waals surface area (Å²) in [5.74, 6) is -0.535. The molecule has 208 valence electrons. The number of carbonyl (C=O) groups is 3. The van der Waals surface area contributed by atoms with Gasteiger partial charge in [-0.05, 0) is 51.7 Å². The van der Waals surface area contributed by atoms with E-state index < -0.39 is 23.8 Å². The maximum atomic E-state index is 14.2. The lowest BCUT2D eigenvalue weighted by Crippen LogP contribution is -2.54. The van der Waals surface area contributed by atoms with Crippen molar-refractivity contribution in [3.63, 3.8) is 0 Å². The van der Waals surface area contributed by atoms with Crippen LogP contribution in [0.1, 0.15) is 83.0 Å². The molecule has 38 heavy (non-hydrogen) atoms. The van der Waals surface area contributed by atoms with Crippen LogP contribution in [0.4, 0.5) is 4.79 Å². The molecular weight excluding hydrogens is 478 g/mol. The van der Waals surface area contributed by atoms with Gasteiger partial charge >= 0.3 is 6.09 Å². The number of benzene rings is 2. The van der Waals surface area contributed by atoms with Gasteiger partial charge in [0, 0.05) is 19.5 Å². The fourth-order valence-corrected chi connectivity index (χ4v) is 4.10. The number of alkyl carbamates (subject to hydrolysis) is 1. The van der Waals surface area contributed by atoms with E-state index >= 15 is 0 Å². The van der Waals surface area contributed by atoms with Gasteiger partial charge in [-0.15, -0.1) is 0 Å². The van der Waals surface area contributed by atoms with Crippen LogP contribution in [0.3, 0.4) is 0 Å². The predicted molar refractivity (Wildman–Crippen MR) is 152 cm³/mol. The van der Waals surface area contributed by atoms with Gasteiger partial charge in [0.1, 0.15) is 17.7 Å². The standard InChI is InChI=1S/C31H45N3O4/c1-7-9-20-32-28(35)27(25-18-16-23(3)17-19-25)34(21-10-8-2)29(36)26(22-24-14-12-11-13-15-24)33-30(37)38-31(4,5)6/h11-19,26-27H,7-10,20-22H2,1-6H3,(H,32,35)(H,33,37). The lowest BCUT2D eigenvalue weighted by molar-refractivity contribution is -0.142. The summed E-state index contributed by atoms with van der Waals surface area (Å²) >= 11 is 0. The molecule has 3 amide bonds. The summed E-state index contributed by atoms with van der Waals surface area (Å²) in [5.41, 5.74) is 2.00. The first kappa shape index (κ1) is 30.9. The fraction of sp³-hybridized carbons (Fsp3) is 0.516. The Morgan fingerprint density at radius 1 is 0.921 bits per heavy atom. The molecule has 0 aliphatic rings. The largest absolute Gasteiger partial charge is 0.444 e. The molecule has 7 nitrogen and oxygen atoms in total. The molecule has 0 aliphatic heterocycles. The Balaban J connectivity index is 2.49. The Kier molecular flexibility index (Phi) is 12.3. The molecular formula is C31H45N3O4. The minimum absolute atomic E-state index is 0.220. The van der Waals surface area contributed by atoms with E-state index in [1.807, 2.05) is 68.4 Å². The van der Waals surface area contributed by atoms with Crippen LogP contribution >= 0.6 is 0 Å². The molecule has 2 atom stereocenters. The Morgan fingerprint density at radius 2 is 1.55 bits per heavy atom. The van der Waals surface area contributed by atoms with Gasteiger partial charge in [-0.2, -0.15) is 0 Å².